The summed E-state index contributed by atoms with van der Waals surface area (Å²) in [6.45, 7) is -0.0659. The number of anilines is 1. The highest BCUT2D eigenvalue weighted by atomic mass is 79.9. The molecule has 0 radical (unpaired) electrons. The summed E-state index contributed by atoms with van der Waals surface area (Å²) < 4.78 is 0.821. The lowest BCUT2D eigenvalue weighted by Gasteiger charge is -2.07. The Labute approximate surface area is 125 Å². The van der Waals surface area contributed by atoms with Crippen LogP contribution in [0.2, 0.25) is 0 Å². The van der Waals surface area contributed by atoms with E-state index >= 15 is 0 Å². The maximum absolute atomic E-state index is 12.0. The monoisotopic (exact) mass is 332 g/mol. The molecule has 0 saturated carbocycles. The number of Topliss-reactive ketones (excluding diaryl/α,β-unsaturated/α-hetero) is 1. The zero-order valence-electron chi connectivity index (χ0n) is 10.6. The Hall–Kier alpha value is -2.14. The van der Waals surface area contributed by atoms with Gasteiger partial charge in [-0.15, -0.1) is 0 Å². The van der Waals surface area contributed by atoms with Gasteiger partial charge >= 0.3 is 0 Å². The van der Waals surface area contributed by atoms with E-state index in [0.717, 1.165) is 4.47 Å². The van der Waals surface area contributed by atoms with E-state index in [1.807, 2.05) is 6.07 Å². The number of benzene rings is 2. The number of nitrogen functional groups attached to an aromatic ring is 1. The van der Waals surface area contributed by atoms with Crippen LogP contribution in [0.5, 0.6) is 0 Å². The van der Waals surface area contributed by atoms with Crippen LogP contribution < -0.4 is 11.1 Å². The Balaban J connectivity index is 2.01. The second-order valence-corrected chi connectivity index (χ2v) is 5.12. The van der Waals surface area contributed by atoms with E-state index in [9.17, 15) is 9.59 Å². The van der Waals surface area contributed by atoms with Crippen LogP contribution in [-0.2, 0) is 0 Å². The Morgan fingerprint density at radius 3 is 2.55 bits per heavy atom. The van der Waals surface area contributed by atoms with Gasteiger partial charge in [-0.3, -0.25) is 9.59 Å². The quantitative estimate of drug-likeness (QED) is 0.667. The molecular formula is C15H13BrN2O2. The molecule has 0 heterocycles. The number of hydrogen-bond acceptors (Lipinski definition) is 3. The maximum Gasteiger partial charge on any atom is 0.253 e. The summed E-state index contributed by atoms with van der Waals surface area (Å²) in [7, 11) is 0. The first-order valence-corrected chi connectivity index (χ1v) is 6.78. The molecule has 0 aromatic heterocycles. The third-order valence-corrected chi connectivity index (χ3v) is 3.25. The molecule has 0 fully saturated rings. The fraction of sp³-hybridized carbons (Fsp3) is 0.0667. The number of carbonyl (C=O) groups is 2. The number of hydrogen-bond donors (Lipinski definition) is 2. The van der Waals surface area contributed by atoms with E-state index in [4.69, 9.17) is 5.73 Å². The molecule has 2 aromatic carbocycles. The molecule has 5 heteroatoms. The molecule has 0 aliphatic heterocycles. The van der Waals surface area contributed by atoms with Gasteiger partial charge < -0.3 is 11.1 Å². The van der Waals surface area contributed by atoms with Crippen molar-refractivity contribution in [3.05, 3.63) is 64.1 Å². The van der Waals surface area contributed by atoms with E-state index in [0.29, 0.717) is 16.8 Å². The lowest BCUT2D eigenvalue weighted by atomic mass is 10.1. The minimum atomic E-state index is -0.355. The number of halogens is 1. The number of rotatable bonds is 4. The summed E-state index contributed by atoms with van der Waals surface area (Å²) in [4.78, 5) is 23.9. The SMILES string of the molecule is Nc1ccccc1C(=O)NCC(=O)c1cccc(Br)c1. The zero-order chi connectivity index (χ0) is 14.5. The zero-order valence-corrected chi connectivity index (χ0v) is 12.2. The average Bonchev–Trinajstić information content (AvgIpc) is 2.45. The second kappa shape index (κ2) is 6.34. The van der Waals surface area contributed by atoms with Crippen LogP contribution in [0.15, 0.2) is 53.0 Å². The third-order valence-electron chi connectivity index (χ3n) is 2.76. The summed E-state index contributed by atoms with van der Waals surface area (Å²) in [5.41, 5.74) is 7.01. The van der Waals surface area contributed by atoms with Crippen LogP contribution in [0.3, 0.4) is 0 Å². The van der Waals surface area contributed by atoms with Crippen molar-refractivity contribution in [1.82, 2.24) is 5.32 Å². The maximum atomic E-state index is 12.0. The highest BCUT2D eigenvalue weighted by Gasteiger charge is 2.11. The second-order valence-electron chi connectivity index (χ2n) is 4.20. The highest BCUT2D eigenvalue weighted by Crippen LogP contribution is 2.12. The molecule has 0 aliphatic rings. The molecule has 0 bridgehead atoms. The number of amides is 1. The molecule has 20 heavy (non-hydrogen) atoms. The molecule has 2 aromatic rings. The van der Waals surface area contributed by atoms with Gasteiger partial charge in [0.1, 0.15) is 0 Å². The summed E-state index contributed by atoms with van der Waals surface area (Å²) in [5, 5.41) is 2.57. The van der Waals surface area contributed by atoms with Crippen LogP contribution in [0.1, 0.15) is 20.7 Å². The molecule has 0 aliphatic carbocycles. The molecule has 0 saturated heterocycles. The number of nitrogens with one attached hydrogen (secondary N) is 1. The molecule has 1 amide bonds. The van der Waals surface area contributed by atoms with Gasteiger partial charge in [0, 0.05) is 15.7 Å². The smallest absolute Gasteiger partial charge is 0.253 e. The largest absolute Gasteiger partial charge is 0.398 e. The number of carbonyl (C=O) groups excluding carboxylic acids is 2. The fourth-order valence-electron chi connectivity index (χ4n) is 1.72. The van der Waals surface area contributed by atoms with Gasteiger partial charge in [-0.2, -0.15) is 0 Å². The van der Waals surface area contributed by atoms with E-state index in [1.54, 1.807) is 42.5 Å². The first kappa shape index (κ1) is 14.3. The Morgan fingerprint density at radius 1 is 1.10 bits per heavy atom. The molecule has 0 atom stereocenters. The minimum absolute atomic E-state index is 0.0659. The summed E-state index contributed by atoms with van der Waals surface area (Å²) in [6.07, 6.45) is 0. The Kier molecular flexibility index (Phi) is 4.53. The number of para-hydroxylation sites is 1. The summed E-state index contributed by atoms with van der Waals surface area (Å²) >= 11 is 3.30. The molecule has 4 nitrogen and oxygen atoms in total. The predicted octanol–water partition coefficient (Wildman–Crippen LogP) is 2.64. The fourth-order valence-corrected chi connectivity index (χ4v) is 2.12. The first-order chi connectivity index (χ1) is 9.58. The van der Waals surface area contributed by atoms with Gasteiger partial charge in [-0.05, 0) is 24.3 Å². The van der Waals surface area contributed by atoms with Crippen molar-refractivity contribution >= 4 is 33.3 Å². The van der Waals surface area contributed by atoms with Crippen molar-refractivity contribution in [2.24, 2.45) is 0 Å². The number of ketones is 1. The van der Waals surface area contributed by atoms with Gasteiger partial charge in [-0.1, -0.05) is 40.2 Å². The lowest BCUT2D eigenvalue weighted by molar-refractivity contribution is 0.0904. The van der Waals surface area contributed by atoms with E-state index < -0.39 is 0 Å². The van der Waals surface area contributed by atoms with Gasteiger partial charge in [0.15, 0.2) is 5.78 Å². The van der Waals surface area contributed by atoms with Crippen molar-refractivity contribution in [2.75, 3.05) is 12.3 Å². The van der Waals surface area contributed by atoms with Crippen LogP contribution in [-0.4, -0.2) is 18.2 Å². The average molecular weight is 333 g/mol. The first-order valence-electron chi connectivity index (χ1n) is 5.99. The van der Waals surface area contributed by atoms with Crippen molar-refractivity contribution in [2.45, 2.75) is 0 Å². The topological polar surface area (TPSA) is 72.2 Å². The molecular weight excluding hydrogens is 320 g/mol. The van der Waals surface area contributed by atoms with E-state index in [-0.39, 0.29) is 18.2 Å². The van der Waals surface area contributed by atoms with E-state index in [1.165, 1.54) is 0 Å². The van der Waals surface area contributed by atoms with E-state index in [2.05, 4.69) is 21.2 Å². The summed E-state index contributed by atoms with van der Waals surface area (Å²) in [5.74, 6) is -0.513. The standard InChI is InChI=1S/C15H13BrN2O2/c16-11-5-3-4-10(8-11)14(19)9-18-15(20)12-6-1-2-7-13(12)17/h1-8H,9,17H2,(H,18,20). The van der Waals surface area contributed by atoms with Crippen molar-refractivity contribution < 1.29 is 9.59 Å². The molecule has 3 N–H and O–H groups in total. The highest BCUT2D eigenvalue weighted by molar-refractivity contribution is 9.10. The van der Waals surface area contributed by atoms with Crippen LogP contribution in [0.25, 0.3) is 0 Å². The molecule has 102 valence electrons. The van der Waals surface area contributed by atoms with Gasteiger partial charge in [0.25, 0.3) is 5.91 Å². The van der Waals surface area contributed by atoms with Gasteiger partial charge in [0.2, 0.25) is 0 Å². The minimum Gasteiger partial charge on any atom is -0.398 e. The Morgan fingerprint density at radius 2 is 1.85 bits per heavy atom. The molecule has 2 rings (SSSR count). The number of nitrogens with two attached hydrogens (primary N) is 1. The predicted molar refractivity (Wildman–Crippen MR) is 81.7 cm³/mol. The van der Waals surface area contributed by atoms with Crippen molar-refractivity contribution in [1.29, 1.82) is 0 Å². The normalized spacial score (nSPS) is 10.1. The van der Waals surface area contributed by atoms with Gasteiger partial charge in [-0.25, -0.2) is 0 Å². The summed E-state index contributed by atoms with van der Waals surface area (Å²) in [6, 6.07) is 13.8. The van der Waals surface area contributed by atoms with Crippen LogP contribution >= 0.6 is 15.9 Å². The Bertz CT molecular complexity index is 656. The molecule has 0 unspecified atom stereocenters. The van der Waals surface area contributed by atoms with Crippen molar-refractivity contribution in [3.63, 3.8) is 0 Å². The van der Waals surface area contributed by atoms with Crippen LogP contribution in [0.4, 0.5) is 5.69 Å². The van der Waals surface area contributed by atoms with Gasteiger partial charge in [0.05, 0.1) is 12.1 Å². The van der Waals surface area contributed by atoms with Crippen molar-refractivity contribution in [3.8, 4) is 0 Å². The third kappa shape index (κ3) is 3.45. The molecule has 0 spiro atoms. The van der Waals surface area contributed by atoms with Crippen LogP contribution in [0, 0.1) is 0 Å². The lowest BCUT2D eigenvalue weighted by Crippen LogP contribution is -2.30.